The van der Waals surface area contributed by atoms with Gasteiger partial charge in [-0.3, -0.25) is 0 Å². The summed E-state index contributed by atoms with van der Waals surface area (Å²) in [5, 5.41) is 5.43. The molecule has 0 amide bonds. The van der Waals surface area contributed by atoms with Crippen molar-refractivity contribution in [1.82, 2.24) is 5.32 Å². The summed E-state index contributed by atoms with van der Waals surface area (Å²) in [4.78, 5) is 1.32. The minimum Gasteiger partial charge on any atom is -0.496 e. The number of halogens is 1. The van der Waals surface area contributed by atoms with Crippen LogP contribution in [-0.4, -0.2) is 13.7 Å². The maximum Gasteiger partial charge on any atom is 0.131 e. The maximum absolute atomic E-state index is 14.2. The van der Waals surface area contributed by atoms with E-state index in [2.05, 4.69) is 16.8 Å². The molecular formula is C16H20FNOS. The number of hydrogen-bond donors (Lipinski definition) is 1. The van der Waals surface area contributed by atoms with E-state index in [1.54, 1.807) is 24.5 Å². The van der Waals surface area contributed by atoms with Gasteiger partial charge in [0.2, 0.25) is 0 Å². The zero-order chi connectivity index (χ0) is 14.4. The van der Waals surface area contributed by atoms with Gasteiger partial charge in [0, 0.05) is 16.5 Å². The maximum atomic E-state index is 14.2. The number of methoxy groups -OCH3 is 1. The highest BCUT2D eigenvalue weighted by atomic mass is 32.1. The van der Waals surface area contributed by atoms with Crippen LogP contribution in [-0.2, 0) is 6.42 Å². The van der Waals surface area contributed by atoms with Crippen LogP contribution in [0.3, 0.4) is 0 Å². The number of aryl methyl sites for hydroxylation is 1. The Morgan fingerprint density at radius 3 is 2.80 bits per heavy atom. The molecule has 1 N–H and O–H groups in total. The number of rotatable bonds is 7. The van der Waals surface area contributed by atoms with Crippen molar-refractivity contribution in [3.63, 3.8) is 0 Å². The third-order valence-electron chi connectivity index (χ3n) is 3.29. The standard InChI is InChI=1S/C16H20FNOS/c1-3-18-14(10-9-12-6-5-11-20-12)16-13(17)7-4-8-15(16)19-2/h4-8,11,14,18H,3,9-10H2,1-2H3. The summed E-state index contributed by atoms with van der Waals surface area (Å²) >= 11 is 1.74. The van der Waals surface area contributed by atoms with Crippen molar-refractivity contribution >= 4 is 11.3 Å². The third kappa shape index (κ3) is 3.58. The van der Waals surface area contributed by atoms with Crippen LogP contribution in [0.15, 0.2) is 35.7 Å². The number of nitrogens with one attached hydrogen (secondary N) is 1. The smallest absolute Gasteiger partial charge is 0.131 e. The first-order valence-corrected chi connectivity index (χ1v) is 7.72. The zero-order valence-corrected chi connectivity index (χ0v) is 12.7. The van der Waals surface area contributed by atoms with Gasteiger partial charge in [0.15, 0.2) is 0 Å². The van der Waals surface area contributed by atoms with Crippen molar-refractivity contribution in [1.29, 1.82) is 0 Å². The van der Waals surface area contributed by atoms with Crippen LogP contribution in [0.2, 0.25) is 0 Å². The molecule has 0 radical (unpaired) electrons. The van der Waals surface area contributed by atoms with E-state index in [1.165, 1.54) is 10.9 Å². The highest BCUT2D eigenvalue weighted by Crippen LogP contribution is 2.31. The van der Waals surface area contributed by atoms with Crippen molar-refractivity contribution in [3.05, 3.63) is 52.0 Å². The van der Waals surface area contributed by atoms with Gasteiger partial charge < -0.3 is 10.1 Å². The summed E-state index contributed by atoms with van der Waals surface area (Å²) in [7, 11) is 1.58. The lowest BCUT2D eigenvalue weighted by molar-refractivity contribution is 0.387. The molecule has 1 unspecified atom stereocenters. The van der Waals surface area contributed by atoms with Crippen LogP contribution in [0, 0.1) is 5.82 Å². The molecule has 1 heterocycles. The number of thiophene rings is 1. The Labute approximate surface area is 123 Å². The van der Waals surface area contributed by atoms with Crippen LogP contribution < -0.4 is 10.1 Å². The van der Waals surface area contributed by atoms with E-state index in [4.69, 9.17) is 4.74 Å². The lowest BCUT2D eigenvalue weighted by atomic mass is 9.99. The van der Waals surface area contributed by atoms with Crippen LogP contribution in [0.4, 0.5) is 4.39 Å². The van der Waals surface area contributed by atoms with Gasteiger partial charge in [0.25, 0.3) is 0 Å². The van der Waals surface area contributed by atoms with Gasteiger partial charge >= 0.3 is 0 Å². The van der Waals surface area contributed by atoms with E-state index in [1.807, 2.05) is 19.1 Å². The molecule has 108 valence electrons. The predicted octanol–water partition coefficient (Wildman–Crippen LogP) is 4.18. The Morgan fingerprint density at radius 1 is 1.30 bits per heavy atom. The normalized spacial score (nSPS) is 12.3. The average Bonchev–Trinajstić information content (AvgIpc) is 2.97. The van der Waals surface area contributed by atoms with Crippen molar-refractivity contribution in [2.24, 2.45) is 0 Å². The second-order valence-corrected chi connectivity index (χ2v) is 5.62. The Morgan fingerprint density at radius 2 is 2.15 bits per heavy atom. The third-order valence-corrected chi connectivity index (χ3v) is 4.23. The molecule has 2 aromatic rings. The van der Waals surface area contributed by atoms with Crippen molar-refractivity contribution < 1.29 is 9.13 Å². The molecular weight excluding hydrogens is 273 g/mol. The Kier molecular flexibility index (Phi) is 5.56. The molecule has 0 saturated heterocycles. The zero-order valence-electron chi connectivity index (χ0n) is 11.9. The summed E-state index contributed by atoms with van der Waals surface area (Å²) in [6.45, 7) is 2.83. The van der Waals surface area contributed by atoms with Gasteiger partial charge in [-0.15, -0.1) is 11.3 Å². The second-order valence-electron chi connectivity index (χ2n) is 4.58. The molecule has 0 bridgehead atoms. The molecule has 4 heteroatoms. The molecule has 0 fully saturated rings. The van der Waals surface area contributed by atoms with Gasteiger partial charge in [-0.25, -0.2) is 4.39 Å². The van der Waals surface area contributed by atoms with Crippen molar-refractivity contribution in [2.75, 3.05) is 13.7 Å². The van der Waals surface area contributed by atoms with Gasteiger partial charge in [0.05, 0.1) is 7.11 Å². The van der Waals surface area contributed by atoms with Gasteiger partial charge in [0.1, 0.15) is 11.6 Å². The first kappa shape index (κ1) is 15.0. The minimum atomic E-state index is -0.207. The Hall–Kier alpha value is -1.39. The van der Waals surface area contributed by atoms with E-state index < -0.39 is 0 Å². The topological polar surface area (TPSA) is 21.3 Å². The molecule has 0 aliphatic heterocycles. The number of ether oxygens (including phenoxy) is 1. The van der Waals surface area contributed by atoms with Crippen molar-refractivity contribution in [2.45, 2.75) is 25.8 Å². The van der Waals surface area contributed by atoms with Crippen LogP contribution >= 0.6 is 11.3 Å². The Balaban J connectivity index is 2.19. The van der Waals surface area contributed by atoms with E-state index in [9.17, 15) is 4.39 Å². The van der Waals surface area contributed by atoms with Gasteiger partial charge in [-0.2, -0.15) is 0 Å². The van der Waals surface area contributed by atoms with Gasteiger partial charge in [-0.1, -0.05) is 19.1 Å². The highest BCUT2D eigenvalue weighted by molar-refractivity contribution is 7.09. The summed E-state index contributed by atoms with van der Waals surface area (Å²) in [5.41, 5.74) is 0.633. The molecule has 0 aliphatic carbocycles. The molecule has 0 aliphatic rings. The fourth-order valence-electron chi connectivity index (χ4n) is 2.37. The molecule has 0 spiro atoms. The predicted molar refractivity (Wildman–Crippen MR) is 82.0 cm³/mol. The fourth-order valence-corrected chi connectivity index (χ4v) is 3.09. The highest BCUT2D eigenvalue weighted by Gasteiger charge is 2.19. The number of hydrogen-bond acceptors (Lipinski definition) is 3. The van der Waals surface area contributed by atoms with E-state index in [0.29, 0.717) is 11.3 Å². The van der Waals surface area contributed by atoms with Crippen molar-refractivity contribution in [3.8, 4) is 5.75 Å². The van der Waals surface area contributed by atoms with Crippen LogP contribution in [0.5, 0.6) is 5.75 Å². The first-order valence-electron chi connectivity index (χ1n) is 6.84. The van der Waals surface area contributed by atoms with Crippen LogP contribution in [0.1, 0.15) is 29.8 Å². The summed E-state index contributed by atoms with van der Waals surface area (Å²) in [6.07, 6.45) is 1.79. The molecule has 1 aromatic carbocycles. The molecule has 2 rings (SSSR count). The molecule has 1 atom stereocenters. The molecule has 2 nitrogen and oxygen atoms in total. The summed E-state index contributed by atoms with van der Waals surface area (Å²) in [5.74, 6) is 0.406. The minimum absolute atomic E-state index is 0.0294. The Bertz CT molecular complexity index is 527. The average molecular weight is 293 g/mol. The fraction of sp³-hybridized carbons (Fsp3) is 0.375. The van der Waals surface area contributed by atoms with Gasteiger partial charge in [-0.05, 0) is 43.0 Å². The molecule has 20 heavy (non-hydrogen) atoms. The van der Waals surface area contributed by atoms with Crippen LogP contribution in [0.25, 0.3) is 0 Å². The quantitative estimate of drug-likeness (QED) is 0.827. The molecule has 0 saturated carbocycles. The van der Waals surface area contributed by atoms with E-state index >= 15 is 0 Å². The monoisotopic (exact) mass is 293 g/mol. The lowest BCUT2D eigenvalue weighted by Crippen LogP contribution is -2.23. The lowest BCUT2D eigenvalue weighted by Gasteiger charge is -2.21. The van der Waals surface area contributed by atoms with E-state index in [-0.39, 0.29) is 11.9 Å². The summed E-state index contributed by atoms with van der Waals surface area (Å²) < 4.78 is 19.5. The van der Waals surface area contributed by atoms with E-state index in [0.717, 1.165) is 19.4 Å². The first-order chi connectivity index (χ1) is 9.76. The largest absolute Gasteiger partial charge is 0.496 e. The molecule has 1 aromatic heterocycles. The number of benzene rings is 1. The SMILES string of the molecule is CCNC(CCc1cccs1)c1c(F)cccc1OC. The second kappa shape index (κ2) is 7.41. The summed E-state index contributed by atoms with van der Waals surface area (Å²) in [6, 6.07) is 9.12.